The van der Waals surface area contributed by atoms with Crippen LogP contribution in [0.25, 0.3) is 10.9 Å². The van der Waals surface area contributed by atoms with Gasteiger partial charge in [0.05, 0.1) is 23.9 Å². The lowest BCUT2D eigenvalue weighted by molar-refractivity contribution is 0.0378. The standard InChI is InChI=1S/C14H19N3O3/c1-17(7-10(18)8-20-2)14(19)12-6-9-4-3-5-11(15)13(9)16-12/h3-6,10,16,18H,7-8,15H2,1-2H3. The molecule has 108 valence electrons. The summed E-state index contributed by atoms with van der Waals surface area (Å²) < 4.78 is 4.84. The van der Waals surface area contributed by atoms with E-state index in [1.807, 2.05) is 12.1 Å². The topological polar surface area (TPSA) is 91.6 Å². The van der Waals surface area contributed by atoms with Crippen molar-refractivity contribution in [3.05, 3.63) is 30.0 Å². The fourth-order valence-corrected chi connectivity index (χ4v) is 2.14. The Morgan fingerprint density at radius 3 is 2.95 bits per heavy atom. The highest BCUT2D eigenvalue weighted by Crippen LogP contribution is 2.21. The van der Waals surface area contributed by atoms with Gasteiger partial charge in [0.15, 0.2) is 0 Å². The zero-order chi connectivity index (χ0) is 14.7. The number of nitrogen functional groups attached to an aromatic ring is 1. The second-order valence-electron chi connectivity index (χ2n) is 4.79. The number of rotatable bonds is 5. The molecule has 1 heterocycles. The maximum atomic E-state index is 12.3. The lowest BCUT2D eigenvalue weighted by atomic mass is 10.2. The first-order chi connectivity index (χ1) is 9.52. The zero-order valence-electron chi connectivity index (χ0n) is 11.6. The Morgan fingerprint density at radius 1 is 1.55 bits per heavy atom. The van der Waals surface area contributed by atoms with Crippen LogP contribution in [0.5, 0.6) is 0 Å². The molecule has 1 aromatic heterocycles. The van der Waals surface area contributed by atoms with Crippen LogP contribution in [0.2, 0.25) is 0 Å². The lowest BCUT2D eigenvalue weighted by Crippen LogP contribution is -2.36. The molecule has 0 aliphatic rings. The van der Waals surface area contributed by atoms with Gasteiger partial charge < -0.3 is 25.5 Å². The molecule has 6 nitrogen and oxygen atoms in total. The number of methoxy groups -OCH3 is 1. The molecule has 2 rings (SSSR count). The molecule has 6 heteroatoms. The molecule has 0 saturated carbocycles. The van der Waals surface area contributed by atoms with Crippen LogP contribution < -0.4 is 5.73 Å². The average molecular weight is 277 g/mol. The molecule has 0 radical (unpaired) electrons. The van der Waals surface area contributed by atoms with Crippen molar-refractivity contribution in [1.29, 1.82) is 0 Å². The number of fused-ring (bicyclic) bond motifs is 1. The van der Waals surface area contributed by atoms with Crippen molar-refractivity contribution in [2.24, 2.45) is 0 Å². The van der Waals surface area contributed by atoms with Crippen molar-refractivity contribution in [1.82, 2.24) is 9.88 Å². The third kappa shape index (κ3) is 2.92. The first kappa shape index (κ1) is 14.4. The van der Waals surface area contributed by atoms with Crippen LogP contribution in [0.1, 0.15) is 10.5 Å². The molecule has 1 unspecified atom stereocenters. The van der Waals surface area contributed by atoms with Gasteiger partial charge in [0.2, 0.25) is 0 Å². The van der Waals surface area contributed by atoms with E-state index in [1.165, 1.54) is 12.0 Å². The van der Waals surface area contributed by atoms with Crippen LogP contribution in [-0.2, 0) is 4.74 Å². The first-order valence-electron chi connectivity index (χ1n) is 6.32. The Balaban J connectivity index is 2.16. The van der Waals surface area contributed by atoms with Gasteiger partial charge >= 0.3 is 0 Å². The number of hydrogen-bond acceptors (Lipinski definition) is 4. The fraction of sp³-hybridized carbons (Fsp3) is 0.357. The summed E-state index contributed by atoms with van der Waals surface area (Å²) >= 11 is 0. The maximum absolute atomic E-state index is 12.3. The summed E-state index contributed by atoms with van der Waals surface area (Å²) in [5.41, 5.74) is 7.65. The minimum Gasteiger partial charge on any atom is -0.397 e. The largest absolute Gasteiger partial charge is 0.397 e. The number of benzene rings is 1. The Morgan fingerprint density at radius 2 is 2.30 bits per heavy atom. The number of carbonyl (C=O) groups is 1. The first-order valence-corrected chi connectivity index (χ1v) is 6.32. The molecule has 0 bridgehead atoms. The van der Waals surface area contributed by atoms with Crippen molar-refractivity contribution in [3.63, 3.8) is 0 Å². The fourth-order valence-electron chi connectivity index (χ4n) is 2.14. The van der Waals surface area contributed by atoms with Crippen molar-refractivity contribution >= 4 is 22.5 Å². The minimum absolute atomic E-state index is 0.192. The molecular formula is C14H19N3O3. The number of nitrogens with one attached hydrogen (secondary N) is 1. The van der Waals surface area contributed by atoms with Gasteiger partial charge in [-0.1, -0.05) is 12.1 Å². The Hall–Kier alpha value is -2.05. The number of ether oxygens (including phenoxy) is 1. The Kier molecular flexibility index (Phi) is 4.26. The molecule has 0 saturated heterocycles. The van der Waals surface area contributed by atoms with Gasteiger partial charge in [0.25, 0.3) is 5.91 Å². The minimum atomic E-state index is -0.705. The number of likely N-dealkylation sites (N-methyl/N-ethyl adjacent to an activating group) is 1. The Labute approximate surface area is 117 Å². The van der Waals surface area contributed by atoms with Gasteiger partial charge in [-0.2, -0.15) is 0 Å². The molecule has 0 aliphatic heterocycles. The van der Waals surface area contributed by atoms with Crippen LogP contribution in [-0.4, -0.2) is 54.3 Å². The highest BCUT2D eigenvalue weighted by atomic mass is 16.5. The molecule has 4 N–H and O–H groups in total. The second-order valence-corrected chi connectivity index (χ2v) is 4.79. The van der Waals surface area contributed by atoms with E-state index >= 15 is 0 Å². The summed E-state index contributed by atoms with van der Waals surface area (Å²) in [5, 5.41) is 10.5. The van der Waals surface area contributed by atoms with E-state index in [0.717, 1.165) is 10.9 Å². The summed E-state index contributed by atoms with van der Waals surface area (Å²) in [6.07, 6.45) is -0.705. The van der Waals surface area contributed by atoms with Gasteiger partial charge in [-0.3, -0.25) is 4.79 Å². The van der Waals surface area contributed by atoms with E-state index in [1.54, 1.807) is 19.2 Å². The van der Waals surface area contributed by atoms with E-state index < -0.39 is 6.10 Å². The van der Waals surface area contributed by atoms with Gasteiger partial charge in [-0.15, -0.1) is 0 Å². The van der Waals surface area contributed by atoms with Crippen LogP contribution in [0, 0.1) is 0 Å². The number of aromatic amines is 1. The number of aliphatic hydroxyl groups is 1. The van der Waals surface area contributed by atoms with Crippen LogP contribution >= 0.6 is 0 Å². The van der Waals surface area contributed by atoms with E-state index in [4.69, 9.17) is 10.5 Å². The summed E-state index contributed by atoms with van der Waals surface area (Å²) in [4.78, 5) is 16.7. The van der Waals surface area contributed by atoms with Gasteiger partial charge in [0, 0.05) is 26.1 Å². The van der Waals surface area contributed by atoms with E-state index in [9.17, 15) is 9.90 Å². The molecule has 20 heavy (non-hydrogen) atoms. The number of nitrogens with zero attached hydrogens (tertiary/aromatic N) is 1. The van der Waals surface area contributed by atoms with E-state index in [2.05, 4.69) is 4.98 Å². The van der Waals surface area contributed by atoms with Gasteiger partial charge in [-0.25, -0.2) is 0 Å². The number of para-hydroxylation sites is 1. The number of anilines is 1. The SMILES string of the molecule is COCC(O)CN(C)C(=O)c1cc2cccc(N)c2[nH]1. The van der Waals surface area contributed by atoms with Crippen LogP contribution in [0.15, 0.2) is 24.3 Å². The molecule has 0 aliphatic carbocycles. The number of amides is 1. The molecular weight excluding hydrogens is 258 g/mol. The maximum Gasteiger partial charge on any atom is 0.270 e. The smallest absolute Gasteiger partial charge is 0.270 e. The van der Waals surface area contributed by atoms with Gasteiger partial charge in [0.1, 0.15) is 5.69 Å². The Bertz CT molecular complexity index is 609. The highest BCUT2D eigenvalue weighted by molar-refractivity contribution is 6.00. The third-order valence-corrected chi connectivity index (χ3v) is 3.11. The van der Waals surface area contributed by atoms with Gasteiger partial charge in [-0.05, 0) is 12.1 Å². The quantitative estimate of drug-likeness (QED) is 0.706. The third-order valence-electron chi connectivity index (χ3n) is 3.11. The predicted molar refractivity (Wildman–Crippen MR) is 77.6 cm³/mol. The van der Waals surface area contributed by atoms with Crippen LogP contribution in [0.3, 0.4) is 0 Å². The number of nitrogens with two attached hydrogens (primary N) is 1. The van der Waals surface area contributed by atoms with Crippen molar-refractivity contribution in [2.75, 3.05) is 33.0 Å². The van der Waals surface area contributed by atoms with Crippen molar-refractivity contribution in [3.8, 4) is 0 Å². The molecule has 0 fully saturated rings. The monoisotopic (exact) mass is 277 g/mol. The second kappa shape index (κ2) is 5.94. The molecule has 1 aromatic carbocycles. The zero-order valence-corrected chi connectivity index (χ0v) is 11.6. The summed E-state index contributed by atoms with van der Waals surface area (Å²) in [6, 6.07) is 7.26. The number of hydrogen-bond donors (Lipinski definition) is 3. The number of aromatic nitrogens is 1. The summed E-state index contributed by atoms with van der Waals surface area (Å²) in [6.45, 7) is 0.398. The highest BCUT2D eigenvalue weighted by Gasteiger charge is 2.17. The molecule has 1 amide bonds. The summed E-state index contributed by atoms with van der Waals surface area (Å²) in [5.74, 6) is -0.198. The number of aliphatic hydroxyl groups excluding tert-OH is 1. The average Bonchev–Trinajstić information content (AvgIpc) is 2.83. The molecule has 1 atom stereocenters. The number of H-pyrrole nitrogens is 1. The number of carbonyl (C=O) groups excluding carboxylic acids is 1. The van der Waals surface area contributed by atoms with E-state index in [0.29, 0.717) is 11.4 Å². The lowest BCUT2D eigenvalue weighted by Gasteiger charge is -2.19. The predicted octanol–water partition coefficient (Wildman–Crippen LogP) is 0.829. The summed E-state index contributed by atoms with van der Waals surface area (Å²) in [7, 11) is 3.14. The molecule has 2 aromatic rings. The van der Waals surface area contributed by atoms with Crippen molar-refractivity contribution in [2.45, 2.75) is 6.10 Å². The normalized spacial score (nSPS) is 12.6. The molecule has 0 spiro atoms. The van der Waals surface area contributed by atoms with Crippen LogP contribution in [0.4, 0.5) is 5.69 Å². The van der Waals surface area contributed by atoms with Crippen molar-refractivity contribution < 1.29 is 14.6 Å². The van der Waals surface area contributed by atoms with E-state index in [-0.39, 0.29) is 19.1 Å².